The normalized spacial score (nSPS) is 14.4. The molecule has 0 spiro atoms. The first-order valence-corrected chi connectivity index (χ1v) is 5.83. The van der Waals surface area contributed by atoms with Crippen LogP contribution in [0.25, 0.3) is 0 Å². The lowest BCUT2D eigenvalue weighted by atomic mass is 10.0. The molecular formula is C12H14F3NO5. The van der Waals surface area contributed by atoms with E-state index in [9.17, 15) is 28.2 Å². The van der Waals surface area contributed by atoms with Gasteiger partial charge < -0.3 is 25.4 Å². The van der Waals surface area contributed by atoms with E-state index in [4.69, 9.17) is 5.73 Å². The van der Waals surface area contributed by atoms with Gasteiger partial charge in [-0.1, -0.05) is 0 Å². The predicted octanol–water partition coefficient (Wildman–Crippen LogP) is 1.12. The highest BCUT2D eigenvalue weighted by Gasteiger charge is 2.35. The molecule has 0 saturated heterocycles. The summed E-state index contributed by atoms with van der Waals surface area (Å²) in [7, 11) is 0. The molecule has 0 saturated carbocycles. The van der Waals surface area contributed by atoms with Crippen LogP contribution in [0.3, 0.4) is 0 Å². The third-order valence-corrected chi connectivity index (χ3v) is 2.41. The Morgan fingerprint density at radius 1 is 1.38 bits per heavy atom. The van der Waals surface area contributed by atoms with E-state index in [-0.39, 0.29) is 12.3 Å². The average molecular weight is 309 g/mol. The first-order chi connectivity index (χ1) is 9.65. The monoisotopic (exact) mass is 309 g/mol. The zero-order chi connectivity index (χ0) is 16.2. The number of benzene rings is 1. The SMILES string of the molecule is CCOC(=O)C(O)C(O)c1cc(N)ccc1OC(F)(F)F. The number of hydrogen-bond donors (Lipinski definition) is 3. The van der Waals surface area contributed by atoms with Crippen LogP contribution in [0, 0.1) is 0 Å². The fraction of sp³-hybridized carbons (Fsp3) is 0.417. The van der Waals surface area contributed by atoms with E-state index in [1.54, 1.807) is 0 Å². The molecule has 0 aromatic heterocycles. The van der Waals surface area contributed by atoms with Gasteiger partial charge in [0, 0.05) is 11.3 Å². The maximum Gasteiger partial charge on any atom is 0.573 e. The van der Waals surface area contributed by atoms with Crippen LogP contribution in [0.15, 0.2) is 18.2 Å². The van der Waals surface area contributed by atoms with Gasteiger partial charge in [-0.2, -0.15) is 0 Å². The standard InChI is InChI=1S/C12H14F3NO5/c1-2-20-11(19)10(18)9(17)7-5-6(16)3-4-8(7)21-12(13,14)15/h3-5,9-10,17-18H,2,16H2,1H3. The molecule has 6 nitrogen and oxygen atoms in total. The lowest BCUT2D eigenvalue weighted by Gasteiger charge is -2.20. The third-order valence-electron chi connectivity index (χ3n) is 2.41. The number of aliphatic hydroxyl groups excluding tert-OH is 2. The maximum atomic E-state index is 12.3. The molecule has 0 amide bonds. The molecule has 0 aliphatic heterocycles. The van der Waals surface area contributed by atoms with E-state index in [1.165, 1.54) is 6.92 Å². The lowest BCUT2D eigenvalue weighted by Crippen LogP contribution is -2.30. The van der Waals surface area contributed by atoms with Gasteiger partial charge in [0.1, 0.15) is 11.9 Å². The van der Waals surface area contributed by atoms with E-state index in [1.807, 2.05) is 0 Å². The van der Waals surface area contributed by atoms with Crippen LogP contribution in [0.1, 0.15) is 18.6 Å². The molecule has 21 heavy (non-hydrogen) atoms. The molecule has 2 unspecified atom stereocenters. The summed E-state index contributed by atoms with van der Waals surface area (Å²) >= 11 is 0. The Hall–Kier alpha value is -2.00. The Morgan fingerprint density at radius 3 is 2.52 bits per heavy atom. The molecule has 118 valence electrons. The summed E-state index contributed by atoms with van der Waals surface area (Å²) in [6.45, 7) is 1.40. The molecular weight excluding hydrogens is 295 g/mol. The Kier molecular flexibility index (Phi) is 5.39. The number of carbonyl (C=O) groups excluding carboxylic acids is 1. The van der Waals surface area contributed by atoms with Gasteiger partial charge in [0.2, 0.25) is 0 Å². The number of rotatable bonds is 5. The zero-order valence-electron chi connectivity index (χ0n) is 10.9. The molecule has 4 N–H and O–H groups in total. The van der Waals surface area contributed by atoms with Crippen LogP contribution >= 0.6 is 0 Å². The first-order valence-electron chi connectivity index (χ1n) is 5.83. The minimum absolute atomic E-state index is 0.0228. The summed E-state index contributed by atoms with van der Waals surface area (Å²) in [5.74, 6) is -1.95. The van der Waals surface area contributed by atoms with Gasteiger partial charge in [0.05, 0.1) is 6.61 Å². The van der Waals surface area contributed by atoms with Crippen LogP contribution in [0.4, 0.5) is 18.9 Å². The van der Waals surface area contributed by atoms with E-state index in [0.29, 0.717) is 0 Å². The van der Waals surface area contributed by atoms with Crippen molar-refractivity contribution >= 4 is 11.7 Å². The van der Waals surface area contributed by atoms with Gasteiger partial charge in [0.15, 0.2) is 6.10 Å². The molecule has 0 aliphatic rings. The van der Waals surface area contributed by atoms with Gasteiger partial charge in [-0.15, -0.1) is 13.2 Å². The highest BCUT2D eigenvalue weighted by atomic mass is 19.4. The molecule has 0 fully saturated rings. The number of ether oxygens (including phenoxy) is 2. The number of hydrogen-bond acceptors (Lipinski definition) is 6. The van der Waals surface area contributed by atoms with E-state index in [2.05, 4.69) is 9.47 Å². The van der Waals surface area contributed by atoms with Crippen molar-refractivity contribution in [3.05, 3.63) is 23.8 Å². The second kappa shape index (κ2) is 6.64. The third kappa shape index (κ3) is 4.80. The number of halogens is 3. The van der Waals surface area contributed by atoms with Crippen molar-refractivity contribution in [1.29, 1.82) is 0 Å². The smallest absolute Gasteiger partial charge is 0.464 e. The van der Waals surface area contributed by atoms with Gasteiger partial charge in [-0.05, 0) is 25.1 Å². The van der Waals surface area contributed by atoms with Crippen LogP contribution in [-0.4, -0.2) is 35.3 Å². The topological polar surface area (TPSA) is 102 Å². The van der Waals surface area contributed by atoms with Gasteiger partial charge >= 0.3 is 12.3 Å². The van der Waals surface area contributed by atoms with Crippen LogP contribution in [0.2, 0.25) is 0 Å². The summed E-state index contributed by atoms with van der Waals surface area (Å²) < 4.78 is 45.0. The van der Waals surface area contributed by atoms with Gasteiger partial charge in [-0.3, -0.25) is 0 Å². The largest absolute Gasteiger partial charge is 0.573 e. The summed E-state index contributed by atoms with van der Waals surface area (Å²) in [5, 5.41) is 19.4. The minimum atomic E-state index is -5.00. The number of anilines is 1. The van der Waals surface area contributed by atoms with Crippen LogP contribution in [-0.2, 0) is 9.53 Å². The van der Waals surface area contributed by atoms with Crippen molar-refractivity contribution in [2.75, 3.05) is 12.3 Å². The van der Waals surface area contributed by atoms with Crippen LogP contribution in [0.5, 0.6) is 5.75 Å². The number of alkyl halides is 3. The average Bonchev–Trinajstić information content (AvgIpc) is 2.38. The molecule has 2 atom stereocenters. The highest BCUT2D eigenvalue weighted by Crippen LogP contribution is 2.33. The number of nitrogen functional groups attached to an aromatic ring is 1. The Labute approximate surface area is 117 Å². The van der Waals surface area contributed by atoms with Gasteiger partial charge in [-0.25, -0.2) is 4.79 Å². The number of nitrogens with two attached hydrogens (primary N) is 1. The predicted molar refractivity (Wildman–Crippen MR) is 65.1 cm³/mol. The molecule has 0 radical (unpaired) electrons. The van der Waals surface area contributed by atoms with Crippen molar-refractivity contribution < 1.29 is 37.7 Å². The van der Waals surface area contributed by atoms with Crippen molar-refractivity contribution in [2.45, 2.75) is 25.5 Å². The molecule has 1 rings (SSSR count). The molecule has 1 aromatic rings. The fourth-order valence-electron chi connectivity index (χ4n) is 1.54. The van der Waals surface area contributed by atoms with Gasteiger partial charge in [0.25, 0.3) is 0 Å². The highest BCUT2D eigenvalue weighted by molar-refractivity contribution is 5.75. The summed E-state index contributed by atoms with van der Waals surface area (Å²) in [5.41, 5.74) is 4.96. The van der Waals surface area contributed by atoms with Crippen molar-refractivity contribution in [3.8, 4) is 5.75 Å². The molecule has 0 heterocycles. The van der Waals surface area contributed by atoms with E-state index in [0.717, 1.165) is 18.2 Å². The van der Waals surface area contributed by atoms with Crippen molar-refractivity contribution in [1.82, 2.24) is 0 Å². The fourth-order valence-corrected chi connectivity index (χ4v) is 1.54. The van der Waals surface area contributed by atoms with Crippen molar-refractivity contribution in [3.63, 3.8) is 0 Å². The number of carbonyl (C=O) groups is 1. The first kappa shape index (κ1) is 17.1. The Bertz CT molecular complexity index is 506. The van der Waals surface area contributed by atoms with Crippen LogP contribution < -0.4 is 10.5 Å². The maximum absolute atomic E-state index is 12.3. The minimum Gasteiger partial charge on any atom is -0.464 e. The molecule has 1 aromatic carbocycles. The zero-order valence-corrected chi connectivity index (χ0v) is 10.9. The summed E-state index contributed by atoms with van der Waals surface area (Å²) in [6.07, 6.45) is -9.05. The quantitative estimate of drug-likeness (QED) is 0.556. The summed E-state index contributed by atoms with van der Waals surface area (Å²) in [4.78, 5) is 11.3. The Balaban J connectivity index is 3.09. The summed E-state index contributed by atoms with van der Waals surface area (Å²) in [6, 6.07) is 2.96. The Morgan fingerprint density at radius 2 is 2.00 bits per heavy atom. The molecule has 0 bridgehead atoms. The van der Waals surface area contributed by atoms with E-state index < -0.39 is 35.9 Å². The molecule has 9 heteroatoms. The lowest BCUT2D eigenvalue weighted by molar-refractivity contribution is -0.275. The number of aliphatic hydroxyl groups is 2. The number of esters is 1. The van der Waals surface area contributed by atoms with E-state index >= 15 is 0 Å². The van der Waals surface area contributed by atoms with Crippen molar-refractivity contribution in [2.24, 2.45) is 0 Å². The second-order valence-electron chi connectivity index (χ2n) is 3.99. The second-order valence-corrected chi connectivity index (χ2v) is 3.99. The molecule has 0 aliphatic carbocycles.